The second kappa shape index (κ2) is 6.54. The monoisotopic (exact) mass is 336 g/mol. The van der Waals surface area contributed by atoms with Gasteiger partial charge in [0.25, 0.3) is 5.91 Å². The zero-order valence-corrected chi connectivity index (χ0v) is 13.1. The van der Waals surface area contributed by atoms with Crippen molar-refractivity contribution in [3.8, 4) is 0 Å². The molecule has 1 aliphatic heterocycles. The average molecular weight is 337 g/mol. The molecule has 23 heavy (non-hydrogen) atoms. The third-order valence-electron chi connectivity index (χ3n) is 3.90. The molecule has 1 fully saturated rings. The van der Waals surface area contributed by atoms with Gasteiger partial charge in [-0.1, -0.05) is 17.7 Å². The van der Waals surface area contributed by atoms with Crippen molar-refractivity contribution in [3.05, 3.63) is 64.7 Å². The molecule has 1 aliphatic rings. The molecule has 6 heteroatoms. The van der Waals surface area contributed by atoms with E-state index in [1.807, 2.05) is 24.3 Å². The van der Waals surface area contributed by atoms with Crippen LogP contribution in [0, 0.1) is 11.6 Å². The lowest BCUT2D eigenvalue weighted by atomic mass is 10.1. The predicted molar refractivity (Wildman–Crippen MR) is 85.9 cm³/mol. The van der Waals surface area contributed by atoms with Gasteiger partial charge in [-0.2, -0.15) is 0 Å². The van der Waals surface area contributed by atoms with Crippen molar-refractivity contribution in [1.82, 2.24) is 4.90 Å². The number of piperazine rings is 1. The van der Waals surface area contributed by atoms with Gasteiger partial charge >= 0.3 is 0 Å². The number of nitrogens with zero attached hydrogens (tertiary/aromatic N) is 2. The molecule has 0 unspecified atom stereocenters. The lowest BCUT2D eigenvalue weighted by Gasteiger charge is -2.36. The van der Waals surface area contributed by atoms with Crippen LogP contribution in [0.5, 0.6) is 0 Å². The SMILES string of the molecule is O=C(c1ccc(F)cc1F)N1CCN(c2cccc(Cl)c2)CC1. The van der Waals surface area contributed by atoms with Crippen molar-refractivity contribution in [2.24, 2.45) is 0 Å². The van der Waals surface area contributed by atoms with Crippen LogP contribution in [0.4, 0.5) is 14.5 Å². The number of hydrogen-bond donors (Lipinski definition) is 0. The minimum Gasteiger partial charge on any atom is -0.368 e. The number of carbonyl (C=O) groups is 1. The van der Waals surface area contributed by atoms with Crippen molar-refractivity contribution in [2.45, 2.75) is 0 Å². The first kappa shape index (κ1) is 15.7. The van der Waals surface area contributed by atoms with Crippen LogP contribution in [0.3, 0.4) is 0 Å². The zero-order valence-electron chi connectivity index (χ0n) is 12.3. The fourth-order valence-corrected chi connectivity index (χ4v) is 2.86. The van der Waals surface area contributed by atoms with Gasteiger partial charge in [0, 0.05) is 43.0 Å². The Labute approximate surface area is 138 Å². The maximum Gasteiger partial charge on any atom is 0.256 e. The molecule has 0 aliphatic carbocycles. The van der Waals surface area contributed by atoms with E-state index in [9.17, 15) is 13.6 Å². The second-order valence-corrected chi connectivity index (χ2v) is 5.82. The van der Waals surface area contributed by atoms with E-state index in [-0.39, 0.29) is 5.56 Å². The highest BCUT2D eigenvalue weighted by Crippen LogP contribution is 2.21. The van der Waals surface area contributed by atoms with Crippen molar-refractivity contribution in [2.75, 3.05) is 31.1 Å². The third-order valence-corrected chi connectivity index (χ3v) is 4.14. The van der Waals surface area contributed by atoms with Crippen LogP contribution in [0.1, 0.15) is 10.4 Å². The van der Waals surface area contributed by atoms with Crippen molar-refractivity contribution < 1.29 is 13.6 Å². The second-order valence-electron chi connectivity index (χ2n) is 5.38. The molecule has 2 aromatic rings. The van der Waals surface area contributed by atoms with Crippen LogP contribution in [-0.2, 0) is 0 Å². The smallest absolute Gasteiger partial charge is 0.256 e. The summed E-state index contributed by atoms with van der Waals surface area (Å²) in [6.07, 6.45) is 0. The standard InChI is InChI=1S/C17H15ClF2N2O/c18-12-2-1-3-14(10-12)21-6-8-22(9-7-21)17(23)15-5-4-13(19)11-16(15)20/h1-5,10-11H,6-9H2. The molecule has 1 saturated heterocycles. The Hall–Kier alpha value is -2.14. The summed E-state index contributed by atoms with van der Waals surface area (Å²) >= 11 is 5.99. The van der Waals surface area contributed by atoms with Gasteiger partial charge in [-0.3, -0.25) is 4.79 Å². The van der Waals surface area contributed by atoms with Crippen LogP contribution in [0.2, 0.25) is 5.02 Å². The summed E-state index contributed by atoms with van der Waals surface area (Å²) in [5, 5.41) is 0.661. The Morgan fingerprint density at radius 1 is 1.00 bits per heavy atom. The minimum absolute atomic E-state index is 0.0948. The highest BCUT2D eigenvalue weighted by atomic mass is 35.5. The normalized spacial score (nSPS) is 14.9. The maximum atomic E-state index is 13.7. The van der Waals surface area contributed by atoms with Crippen molar-refractivity contribution in [1.29, 1.82) is 0 Å². The number of benzene rings is 2. The number of rotatable bonds is 2. The molecule has 0 spiro atoms. The molecule has 1 heterocycles. The van der Waals surface area contributed by atoms with Crippen LogP contribution in [0.15, 0.2) is 42.5 Å². The Kier molecular flexibility index (Phi) is 4.48. The summed E-state index contributed by atoms with van der Waals surface area (Å²) in [7, 11) is 0. The molecule has 2 aromatic carbocycles. The first-order valence-corrected chi connectivity index (χ1v) is 7.67. The van der Waals surface area contributed by atoms with Crippen molar-refractivity contribution in [3.63, 3.8) is 0 Å². The summed E-state index contributed by atoms with van der Waals surface area (Å²) in [5.74, 6) is -1.93. The van der Waals surface area contributed by atoms with Gasteiger partial charge in [0.1, 0.15) is 11.6 Å². The molecule has 1 amide bonds. The molecule has 0 radical (unpaired) electrons. The summed E-state index contributed by atoms with van der Waals surface area (Å²) in [5.41, 5.74) is 0.903. The predicted octanol–water partition coefficient (Wildman–Crippen LogP) is 3.58. The molecule has 120 valence electrons. The minimum atomic E-state index is -0.827. The lowest BCUT2D eigenvalue weighted by molar-refractivity contribution is 0.0742. The molecule has 0 saturated carbocycles. The summed E-state index contributed by atoms with van der Waals surface area (Å²) in [6, 6.07) is 10.5. The van der Waals surface area contributed by atoms with E-state index in [0.717, 1.165) is 17.8 Å². The molecular formula is C17H15ClF2N2O. The van der Waals surface area contributed by atoms with Crippen LogP contribution in [-0.4, -0.2) is 37.0 Å². The fraction of sp³-hybridized carbons (Fsp3) is 0.235. The molecule has 0 N–H and O–H groups in total. The zero-order chi connectivity index (χ0) is 16.4. The Morgan fingerprint density at radius 3 is 2.39 bits per heavy atom. The summed E-state index contributed by atoms with van der Waals surface area (Å²) in [6.45, 7) is 2.22. The Morgan fingerprint density at radius 2 is 1.74 bits per heavy atom. The van der Waals surface area contributed by atoms with Gasteiger partial charge < -0.3 is 9.80 Å². The highest BCUT2D eigenvalue weighted by molar-refractivity contribution is 6.30. The quantitative estimate of drug-likeness (QED) is 0.837. The topological polar surface area (TPSA) is 23.6 Å². The van der Waals surface area contributed by atoms with E-state index in [1.54, 1.807) is 4.90 Å². The average Bonchev–Trinajstić information content (AvgIpc) is 2.54. The van der Waals surface area contributed by atoms with Crippen LogP contribution < -0.4 is 4.90 Å². The fourth-order valence-electron chi connectivity index (χ4n) is 2.67. The van der Waals surface area contributed by atoms with Gasteiger partial charge in [-0.15, -0.1) is 0 Å². The Bertz CT molecular complexity index is 730. The maximum absolute atomic E-state index is 13.7. The first-order chi connectivity index (χ1) is 11.0. The summed E-state index contributed by atoms with van der Waals surface area (Å²) < 4.78 is 26.7. The van der Waals surface area contributed by atoms with Gasteiger partial charge in [-0.05, 0) is 30.3 Å². The van der Waals surface area contributed by atoms with Gasteiger partial charge in [0.2, 0.25) is 0 Å². The number of halogens is 3. The van der Waals surface area contributed by atoms with E-state index >= 15 is 0 Å². The number of anilines is 1. The van der Waals surface area contributed by atoms with Gasteiger partial charge in [0.15, 0.2) is 0 Å². The van der Waals surface area contributed by atoms with E-state index in [2.05, 4.69) is 4.90 Å². The van der Waals surface area contributed by atoms with Crippen molar-refractivity contribution >= 4 is 23.2 Å². The number of hydrogen-bond acceptors (Lipinski definition) is 2. The van der Waals surface area contributed by atoms with Crippen LogP contribution >= 0.6 is 11.6 Å². The molecular weight excluding hydrogens is 322 g/mol. The van der Waals surface area contributed by atoms with E-state index in [0.29, 0.717) is 31.2 Å². The van der Waals surface area contributed by atoms with E-state index in [1.165, 1.54) is 6.07 Å². The van der Waals surface area contributed by atoms with E-state index < -0.39 is 17.5 Å². The Balaban J connectivity index is 1.68. The molecule has 3 rings (SSSR count). The molecule has 0 bridgehead atoms. The highest BCUT2D eigenvalue weighted by Gasteiger charge is 2.24. The number of amides is 1. The third kappa shape index (κ3) is 3.45. The largest absolute Gasteiger partial charge is 0.368 e. The van der Waals surface area contributed by atoms with Gasteiger partial charge in [0.05, 0.1) is 5.56 Å². The first-order valence-electron chi connectivity index (χ1n) is 7.29. The van der Waals surface area contributed by atoms with Crippen LogP contribution in [0.25, 0.3) is 0 Å². The van der Waals surface area contributed by atoms with Gasteiger partial charge in [-0.25, -0.2) is 8.78 Å². The molecule has 0 aromatic heterocycles. The molecule has 0 atom stereocenters. The lowest BCUT2D eigenvalue weighted by Crippen LogP contribution is -2.49. The summed E-state index contributed by atoms with van der Waals surface area (Å²) in [4.78, 5) is 16.1. The van der Waals surface area contributed by atoms with E-state index in [4.69, 9.17) is 11.6 Å². The molecule has 3 nitrogen and oxygen atoms in total. The number of carbonyl (C=O) groups excluding carboxylic acids is 1.